The number of hydrogen-bond acceptors (Lipinski definition) is 3. The van der Waals surface area contributed by atoms with Crippen LogP contribution >= 0.6 is 0 Å². The molecule has 3 nitrogen and oxygen atoms in total. The Morgan fingerprint density at radius 3 is 1.44 bits per heavy atom. The van der Waals surface area contributed by atoms with Crippen LogP contribution in [0.25, 0.3) is 21.5 Å². The van der Waals surface area contributed by atoms with Crippen molar-refractivity contribution in [3.05, 3.63) is 168 Å². The van der Waals surface area contributed by atoms with Crippen LogP contribution in [0.3, 0.4) is 0 Å². The number of likely N-dealkylation sites (tertiary alicyclic amines) is 2. The lowest BCUT2D eigenvalue weighted by atomic mass is 9.65. The van der Waals surface area contributed by atoms with E-state index in [0.29, 0.717) is 5.41 Å². The van der Waals surface area contributed by atoms with Crippen molar-refractivity contribution >= 4 is 21.5 Å². The third-order valence-electron chi connectivity index (χ3n) is 12.4. The zero-order chi connectivity index (χ0) is 35.8. The molecule has 6 aromatic rings. The van der Waals surface area contributed by atoms with E-state index in [9.17, 15) is 5.26 Å². The van der Waals surface area contributed by atoms with E-state index >= 15 is 0 Å². The van der Waals surface area contributed by atoms with Gasteiger partial charge in [-0.3, -0.25) is 9.80 Å². The van der Waals surface area contributed by atoms with E-state index in [1.54, 1.807) is 0 Å². The van der Waals surface area contributed by atoms with Crippen molar-refractivity contribution in [3.8, 4) is 6.07 Å². The second kappa shape index (κ2) is 16.3. The number of nitrogens with zero attached hydrogens (tertiary/aromatic N) is 3. The minimum Gasteiger partial charge on any atom is -0.299 e. The van der Waals surface area contributed by atoms with Crippen LogP contribution in [-0.4, -0.2) is 36.0 Å². The lowest BCUT2D eigenvalue weighted by Gasteiger charge is -2.44. The monoisotopic (exact) mass is 683 g/mol. The minimum absolute atomic E-state index is 0.0116. The second-order valence-electron chi connectivity index (χ2n) is 15.3. The van der Waals surface area contributed by atoms with Crippen LogP contribution in [-0.2, 0) is 23.9 Å². The molecule has 0 N–H and O–H groups in total. The van der Waals surface area contributed by atoms with Gasteiger partial charge in [-0.1, -0.05) is 153 Å². The molecule has 264 valence electrons. The molecule has 2 saturated heterocycles. The molecule has 1 atom stereocenters. The first-order valence-electron chi connectivity index (χ1n) is 19.4. The summed E-state index contributed by atoms with van der Waals surface area (Å²) in [5, 5.41) is 15.0. The molecule has 0 saturated carbocycles. The van der Waals surface area contributed by atoms with Crippen LogP contribution in [0.2, 0.25) is 0 Å². The molecule has 3 heteroatoms. The molecule has 8 rings (SSSR count). The van der Waals surface area contributed by atoms with Crippen LogP contribution in [0.5, 0.6) is 0 Å². The zero-order valence-corrected chi connectivity index (χ0v) is 31.1. The number of fused-ring (bicyclic) bond motifs is 2. The molecule has 0 radical (unpaired) electrons. The Bertz CT molecular complexity index is 2080. The molecule has 1 unspecified atom stereocenters. The third kappa shape index (κ3) is 7.85. The molecule has 2 aliphatic heterocycles. The highest BCUT2D eigenvalue weighted by atomic mass is 15.1. The maximum Gasteiger partial charge on any atom is 0.0662 e. The summed E-state index contributed by atoms with van der Waals surface area (Å²) in [7, 11) is 0. The number of nitriles is 1. The Labute approximate surface area is 311 Å². The Hall–Kier alpha value is -4.75. The quantitative estimate of drug-likeness (QED) is 0.160. The number of hydrogen-bond donors (Lipinski definition) is 0. The molecule has 0 bridgehead atoms. The van der Waals surface area contributed by atoms with Gasteiger partial charge in [-0.15, -0.1) is 0 Å². The Morgan fingerprint density at radius 1 is 0.538 bits per heavy atom. The summed E-state index contributed by atoms with van der Waals surface area (Å²) >= 11 is 0. The first-order chi connectivity index (χ1) is 25.5. The molecule has 0 aromatic heterocycles. The zero-order valence-electron chi connectivity index (χ0n) is 31.1. The van der Waals surface area contributed by atoms with Crippen molar-refractivity contribution in [1.29, 1.82) is 5.26 Å². The van der Waals surface area contributed by atoms with Crippen LogP contribution in [0.1, 0.15) is 68.2 Å². The average molecular weight is 684 g/mol. The Kier molecular flexibility index (Phi) is 11.2. The summed E-state index contributed by atoms with van der Waals surface area (Å²) in [6.45, 7) is 11.0. The predicted molar refractivity (Wildman–Crippen MR) is 218 cm³/mol. The van der Waals surface area contributed by atoms with Crippen molar-refractivity contribution in [2.75, 3.05) is 26.2 Å². The minimum atomic E-state index is -0.0496. The molecular weight excluding hydrogens is 631 g/mol. The predicted octanol–water partition coefficient (Wildman–Crippen LogP) is 11.3. The van der Waals surface area contributed by atoms with Crippen LogP contribution in [0, 0.1) is 17.2 Å². The molecule has 2 heterocycles. The normalized spacial score (nSPS) is 17.9. The molecule has 2 aliphatic rings. The fraction of sp³-hybridized carbons (Fsp3) is 0.327. The van der Waals surface area contributed by atoms with Gasteiger partial charge >= 0.3 is 0 Å². The van der Waals surface area contributed by atoms with Crippen molar-refractivity contribution in [3.63, 3.8) is 0 Å². The van der Waals surface area contributed by atoms with Gasteiger partial charge < -0.3 is 0 Å². The van der Waals surface area contributed by atoms with E-state index in [1.165, 1.54) is 76.2 Å². The van der Waals surface area contributed by atoms with Crippen molar-refractivity contribution in [2.45, 2.75) is 69.9 Å². The summed E-state index contributed by atoms with van der Waals surface area (Å²) < 4.78 is 0. The van der Waals surface area contributed by atoms with Gasteiger partial charge in [-0.25, -0.2) is 0 Å². The van der Waals surface area contributed by atoms with Crippen molar-refractivity contribution < 1.29 is 0 Å². The van der Waals surface area contributed by atoms with E-state index in [1.807, 2.05) is 0 Å². The fourth-order valence-corrected chi connectivity index (χ4v) is 8.89. The summed E-state index contributed by atoms with van der Waals surface area (Å²) in [4.78, 5) is 5.14. The SMILES string of the molecule is CC(C#N)C1(c2ccc3ccccc3c2)CCN(Cc2ccccc2)CC1.CCC1(c2ccc3ccccc3c2)CCN(Cc2ccccc2)CC1. The Balaban J connectivity index is 0.000000162. The largest absolute Gasteiger partial charge is 0.299 e. The van der Waals surface area contributed by atoms with E-state index in [2.05, 4.69) is 175 Å². The molecule has 0 amide bonds. The second-order valence-corrected chi connectivity index (χ2v) is 15.3. The van der Waals surface area contributed by atoms with E-state index < -0.39 is 0 Å². The topological polar surface area (TPSA) is 30.3 Å². The summed E-state index contributed by atoms with van der Waals surface area (Å²) in [6, 6.07) is 55.2. The fourth-order valence-electron chi connectivity index (χ4n) is 8.89. The van der Waals surface area contributed by atoms with Gasteiger partial charge in [0, 0.05) is 18.5 Å². The number of rotatable bonds is 8. The standard InChI is InChI=1S/C25H26N2.C24H27N/c1-20(18-26)25(24-12-11-22-9-5-6-10-23(22)17-24)13-15-27(16-14-25)19-21-7-3-2-4-8-21;1-2-24(23-13-12-21-10-6-7-11-22(21)18-23)14-16-25(17-15-24)19-20-8-4-3-5-9-20/h2-12,17,20H,13-16,19H2,1H3;3-13,18H,2,14-17,19H2,1H3. The molecule has 2 fully saturated rings. The highest BCUT2D eigenvalue weighted by Crippen LogP contribution is 2.43. The molecule has 0 spiro atoms. The van der Waals surface area contributed by atoms with Crippen LogP contribution in [0.15, 0.2) is 146 Å². The average Bonchev–Trinajstić information content (AvgIpc) is 3.22. The summed E-state index contributed by atoms with van der Waals surface area (Å²) in [6.07, 6.45) is 5.81. The van der Waals surface area contributed by atoms with Crippen LogP contribution < -0.4 is 0 Å². The number of piperidine rings is 2. The van der Waals surface area contributed by atoms with Crippen molar-refractivity contribution in [2.24, 2.45) is 5.92 Å². The lowest BCUT2D eigenvalue weighted by Crippen LogP contribution is -2.45. The van der Waals surface area contributed by atoms with E-state index in [4.69, 9.17) is 0 Å². The van der Waals surface area contributed by atoms with E-state index in [-0.39, 0.29) is 11.3 Å². The highest BCUT2D eigenvalue weighted by Gasteiger charge is 2.41. The van der Waals surface area contributed by atoms with Crippen molar-refractivity contribution in [1.82, 2.24) is 9.80 Å². The molecular formula is C49H53N3. The van der Waals surface area contributed by atoms with Gasteiger partial charge in [-0.05, 0) is 114 Å². The Morgan fingerprint density at radius 2 is 0.962 bits per heavy atom. The molecule has 52 heavy (non-hydrogen) atoms. The highest BCUT2D eigenvalue weighted by molar-refractivity contribution is 5.84. The lowest BCUT2D eigenvalue weighted by molar-refractivity contribution is 0.131. The smallest absolute Gasteiger partial charge is 0.0662 e. The first-order valence-corrected chi connectivity index (χ1v) is 19.4. The van der Waals surface area contributed by atoms with Gasteiger partial charge in [0.25, 0.3) is 0 Å². The maximum absolute atomic E-state index is 9.76. The van der Waals surface area contributed by atoms with Gasteiger partial charge in [0.1, 0.15) is 0 Å². The van der Waals surface area contributed by atoms with Gasteiger partial charge in [0.05, 0.1) is 12.0 Å². The van der Waals surface area contributed by atoms with E-state index in [0.717, 1.165) is 39.0 Å². The number of benzene rings is 6. The van der Waals surface area contributed by atoms with Gasteiger partial charge in [0.2, 0.25) is 0 Å². The first kappa shape index (κ1) is 35.6. The van der Waals surface area contributed by atoms with Gasteiger partial charge in [0.15, 0.2) is 0 Å². The van der Waals surface area contributed by atoms with Gasteiger partial charge in [-0.2, -0.15) is 5.26 Å². The summed E-state index contributed by atoms with van der Waals surface area (Å²) in [5.74, 6) is 0.0116. The third-order valence-corrected chi connectivity index (χ3v) is 12.4. The van der Waals surface area contributed by atoms with Crippen LogP contribution in [0.4, 0.5) is 0 Å². The molecule has 6 aromatic carbocycles. The maximum atomic E-state index is 9.76. The molecule has 0 aliphatic carbocycles. The summed E-state index contributed by atoms with van der Waals surface area (Å²) in [5.41, 5.74) is 5.95.